The van der Waals surface area contributed by atoms with Gasteiger partial charge in [0.25, 0.3) is 11.8 Å². The highest BCUT2D eigenvalue weighted by molar-refractivity contribution is 6.00. The molecule has 146 valence electrons. The fourth-order valence-corrected chi connectivity index (χ4v) is 3.08. The topological polar surface area (TPSA) is 67.9 Å². The number of hydrogen-bond acceptors (Lipinski definition) is 4. The van der Waals surface area contributed by atoms with Gasteiger partial charge in [-0.1, -0.05) is 30.4 Å². The number of nitrogens with one attached hydrogen (secondary N) is 1. The largest absolute Gasteiger partial charge is 0.483 e. The van der Waals surface area contributed by atoms with Gasteiger partial charge in [0.2, 0.25) is 0 Å². The lowest BCUT2D eigenvalue weighted by molar-refractivity contribution is -0.121. The number of rotatable bonds is 6. The molecule has 1 N–H and O–H groups in total. The van der Waals surface area contributed by atoms with Crippen LogP contribution in [-0.2, 0) is 9.59 Å². The summed E-state index contributed by atoms with van der Waals surface area (Å²) in [5, 5.41) is 2.81. The van der Waals surface area contributed by atoms with E-state index in [4.69, 9.17) is 9.47 Å². The molecule has 2 aromatic rings. The van der Waals surface area contributed by atoms with Crippen LogP contribution in [0.2, 0.25) is 0 Å². The number of nitrogens with zero attached hydrogens (tertiary/aromatic N) is 1. The van der Waals surface area contributed by atoms with Crippen LogP contribution < -0.4 is 19.7 Å². The van der Waals surface area contributed by atoms with Gasteiger partial charge in [0.05, 0.1) is 5.69 Å². The zero-order chi connectivity index (χ0) is 20.3. The second-order valence-electron chi connectivity index (χ2n) is 6.97. The van der Waals surface area contributed by atoms with Crippen molar-refractivity contribution in [2.75, 3.05) is 30.0 Å². The first-order chi connectivity index (χ1) is 13.3. The van der Waals surface area contributed by atoms with E-state index in [1.54, 1.807) is 23.1 Å². The average molecular weight is 380 g/mol. The molecule has 0 atom stereocenters. The molecule has 0 aliphatic carbocycles. The predicted octanol–water partition coefficient (Wildman–Crippen LogP) is 3.62. The minimum Gasteiger partial charge on any atom is -0.483 e. The van der Waals surface area contributed by atoms with Crippen molar-refractivity contribution in [1.29, 1.82) is 0 Å². The Morgan fingerprint density at radius 1 is 1.25 bits per heavy atom. The Balaban J connectivity index is 1.71. The lowest BCUT2D eigenvalue weighted by atomic mass is 10.1. The molecule has 0 aromatic heterocycles. The Kier molecular flexibility index (Phi) is 5.68. The van der Waals surface area contributed by atoms with E-state index in [0.717, 1.165) is 22.4 Å². The van der Waals surface area contributed by atoms with Crippen molar-refractivity contribution in [3.8, 4) is 11.5 Å². The Bertz CT molecular complexity index is 916. The molecular weight excluding hydrogens is 356 g/mol. The third kappa shape index (κ3) is 4.34. The summed E-state index contributed by atoms with van der Waals surface area (Å²) in [4.78, 5) is 26.2. The van der Waals surface area contributed by atoms with Crippen molar-refractivity contribution in [3.05, 3.63) is 59.7 Å². The molecule has 2 amide bonds. The van der Waals surface area contributed by atoms with Crippen LogP contribution in [0.1, 0.15) is 18.1 Å². The van der Waals surface area contributed by atoms with E-state index in [2.05, 4.69) is 11.9 Å². The SMILES string of the molecule is C=C(C)CN1C(=O)COc2ccc(NC(=O)COc3c(C)cccc3C)cc21. The van der Waals surface area contributed by atoms with Crippen LogP contribution in [0.5, 0.6) is 11.5 Å². The molecule has 3 rings (SSSR count). The quantitative estimate of drug-likeness (QED) is 0.777. The normalized spacial score (nSPS) is 12.8. The summed E-state index contributed by atoms with van der Waals surface area (Å²) in [6.45, 7) is 9.91. The fourth-order valence-electron chi connectivity index (χ4n) is 3.08. The fraction of sp³-hybridized carbons (Fsp3) is 0.273. The molecule has 6 nitrogen and oxygen atoms in total. The van der Waals surface area contributed by atoms with Gasteiger partial charge >= 0.3 is 0 Å². The summed E-state index contributed by atoms with van der Waals surface area (Å²) in [6.07, 6.45) is 0. The van der Waals surface area contributed by atoms with Crippen molar-refractivity contribution >= 4 is 23.2 Å². The molecule has 0 saturated carbocycles. The monoisotopic (exact) mass is 380 g/mol. The predicted molar refractivity (Wildman–Crippen MR) is 109 cm³/mol. The van der Waals surface area contributed by atoms with E-state index in [0.29, 0.717) is 23.7 Å². The molecular formula is C22H24N2O4. The maximum absolute atomic E-state index is 12.3. The Labute approximate surface area is 164 Å². The minimum atomic E-state index is -0.280. The lowest BCUT2D eigenvalue weighted by Gasteiger charge is -2.30. The van der Waals surface area contributed by atoms with Crippen molar-refractivity contribution in [3.63, 3.8) is 0 Å². The zero-order valence-electron chi connectivity index (χ0n) is 16.4. The van der Waals surface area contributed by atoms with Crippen molar-refractivity contribution in [1.82, 2.24) is 0 Å². The number of hydrogen-bond donors (Lipinski definition) is 1. The number of para-hydroxylation sites is 1. The number of anilines is 2. The molecule has 28 heavy (non-hydrogen) atoms. The van der Waals surface area contributed by atoms with Gasteiger partial charge in [0.1, 0.15) is 11.5 Å². The first kappa shape index (κ1) is 19.5. The number of amides is 2. The van der Waals surface area contributed by atoms with Gasteiger partial charge in [-0.25, -0.2) is 0 Å². The van der Waals surface area contributed by atoms with Crippen molar-refractivity contribution in [2.45, 2.75) is 20.8 Å². The van der Waals surface area contributed by atoms with Crippen molar-refractivity contribution < 1.29 is 19.1 Å². The molecule has 6 heteroatoms. The maximum atomic E-state index is 12.3. The summed E-state index contributed by atoms with van der Waals surface area (Å²) in [6, 6.07) is 11.0. The van der Waals surface area contributed by atoms with E-state index in [-0.39, 0.29) is 25.0 Å². The Hall–Kier alpha value is -3.28. The van der Waals surface area contributed by atoms with Gasteiger partial charge in [-0.15, -0.1) is 0 Å². The summed E-state index contributed by atoms with van der Waals surface area (Å²) in [7, 11) is 0. The highest BCUT2D eigenvalue weighted by Gasteiger charge is 2.25. The van der Waals surface area contributed by atoms with E-state index in [1.807, 2.05) is 39.0 Å². The third-order valence-electron chi connectivity index (χ3n) is 4.37. The lowest BCUT2D eigenvalue weighted by Crippen LogP contribution is -2.39. The molecule has 1 heterocycles. The molecule has 2 aromatic carbocycles. The second kappa shape index (κ2) is 8.17. The molecule has 0 bridgehead atoms. The molecule has 0 saturated heterocycles. The molecule has 0 unspecified atom stereocenters. The highest BCUT2D eigenvalue weighted by Crippen LogP contribution is 2.35. The number of benzene rings is 2. The van der Waals surface area contributed by atoms with Crippen LogP contribution in [0.15, 0.2) is 48.6 Å². The summed E-state index contributed by atoms with van der Waals surface area (Å²) in [5.41, 5.74) is 4.00. The summed E-state index contributed by atoms with van der Waals surface area (Å²) >= 11 is 0. The van der Waals surface area contributed by atoms with E-state index < -0.39 is 0 Å². The van der Waals surface area contributed by atoms with Gasteiger partial charge in [0, 0.05) is 12.2 Å². The van der Waals surface area contributed by atoms with E-state index in [1.165, 1.54) is 0 Å². The maximum Gasteiger partial charge on any atom is 0.265 e. The molecule has 1 aliphatic heterocycles. The standard InChI is InChI=1S/C22H24N2O4/c1-14(2)11-24-18-10-17(8-9-19(18)27-13-21(24)26)23-20(25)12-28-22-15(3)6-5-7-16(22)4/h5-10H,1,11-13H2,2-4H3,(H,23,25). The van der Waals surface area contributed by atoms with Crippen molar-refractivity contribution in [2.24, 2.45) is 0 Å². The van der Waals surface area contributed by atoms with Crippen LogP contribution >= 0.6 is 0 Å². The Morgan fingerprint density at radius 2 is 1.96 bits per heavy atom. The average Bonchev–Trinajstić information content (AvgIpc) is 2.63. The summed E-state index contributed by atoms with van der Waals surface area (Å²) in [5.74, 6) is 0.898. The van der Waals surface area contributed by atoms with Crippen LogP contribution in [0.4, 0.5) is 11.4 Å². The van der Waals surface area contributed by atoms with Crippen LogP contribution in [0, 0.1) is 13.8 Å². The molecule has 0 fully saturated rings. The number of carbonyl (C=O) groups is 2. The number of carbonyl (C=O) groups excluding carboxylic acids is 2. The molecule has 0 spiro atoms. The van der Waals surface area contributed by atoms with E-state index in [9.17, 15) is 9.59 Å². The number of aryl methyl sites for hydroxylation is 2. The van der Waals surface area contributed by atoms with Gasteiger partial charge in [0.15, 0.2) is 13.2 Å². The molecule has 1 aliphatic rings. The first-order valence-electron chi connectivity index (χ1n) is 9.05. The van der Waals surface area contributed by atoms with E-state index >= 15 is 0 Å². The summed E-state index contributed by atoms with van der Waals surface area (Å²) < 4.78 is 11.2. The smallest absolute Gasteiger partial charge is 0.265 e. The van der Waals surface area contributed by atoms with Gasteiger partial charge in [-0.3, -0.25) is 9.59 Å². The first-order valence-corrected chi connectivity index (χ1v) is 9.05. The number of ether oxygens (including phenoxy) is 2. The van der Waals surface area contributed by atoms with Gasteiger partial charge in [-0.2, -0.15) is 0 Å². The minimum absolute atomic E-state index is 0.00436. The van der Waals surface area contributed by atoms with Gasteiger partial charge < -0.3 is 19.7 Å². The van der Waals surface area contributed by atoms with Gasteiger partial charge in [-0.05, 0) is 50.1 Å². The number of fused-ring (bicyclic) bond motifs is 1. The van der Waals surface area contributed by atoms with Crippen LogP contribution in [0.25, 0.3) is 0 Å². The second-order valence-corrected chi connectivity index (χ2v) is 6.97. The molecule has 0 radical (unpaired) electrons. The Morgan fingerprint density at radius 3 is 2.64 bits per heavy atom. The third-order valence-corrected chi connectivity index (χ3v) is 4.37. The highest BCUT2D eigenvalue weighted by atomic mass is 16.5. The van der Waals surface area contributed by atoms with Crippen LogP contribution in [-0.4, -0.2) is 31.6 Å². The van der Waals surface area contributed by atoms with Crippen LogP contribution in [0.3, 0.4) is 0 Å². The zero-order valence-corrected chi connectivity index (χ0v) is 16.4.